The van der Waals surface area contributed by atoms with Crippen LogP contribution in [0.5, 0.6) is 0 Å². The number of aryl methyl sites for hydroxylation is 2. The van der Waals surface area contributed by atoms with Gasteiger partial charge < -0.3 is 9.97 Å². The summed E-state index contributed by atoms with van der Waals surface area (Å²) in [4.78, 5) is 8.90. The summed E-state index contributed by atoms with van der Waals surface area (Å²) in [7, 11) is 0. The van der Waals surface area contributed by atoms with Gasteiger partial charge in [0.15, 0.2) is 0 Å². The monoisotopic (exact) mass is 687 g/mol. The molecule has 0 N–H and O–H groups in total. The number of aromatic nitrogens is 2. The number of hydrogen-bond donors (Lipinski definition) is 0. The van der Waals surface area contributed by atoms with Crippen LogP contribution in [0.2, 0.25) is 0 Å². The molecule has 6 rings (SSSR count). The molecule has 0 saturated carbocycles. The van der Waals surface area contributed by atoms with Crippen LogP contribution in [0.4, 0.5) is 0 Å². The standard InChI is InChI=1S/C24H24N.C12H10N.Ir/c1-16-10-13-22(25-15-16)17-11-12-21-19(14-17)18-8-6-7-9-20(18)23(2,3)24(21,4)5;1-10-7-8-12(13-9-10)11-5-3-2-4-6-11;/h6-10,12-15H,1-5H3;2-5,7-9H,1H3;/q2*-1;. The van der Waals surface area contributed by atoms with Gasteiger partial charge >= 0.3 is 0 Å². The minimum Gasteiger partial charge on any atom is -0.304 e. The van der Waals surface area contributed by atoms with E-state index in [1.165, 1.54) is 33.4 Å². The van der Waals surface area contributed by atoms with Crippen molar-refractivity contribution in [2.24, 2.45) is 0 Å². The molecule has 2 heterocycles. The first-order valence-electron chi connectivity index (χ1n) is 13.2. The van der Waals surface area contributed by atoms with Crippen molar-refractivity contribution in [3.8, 4) is 33.6 Å². The number of hydrogen-bond acceptors (Lipinski definition) is 2. The molecule has 0 aliphatic heterocycles. The van der Waals surface area contributed by atoms with Gasteiger partial charge in [-0.1, -0.05) is 81.8 Å². The van der Waals surface area contributed by atoms with E-state index in [0.29, 0.717) is 0 Å². The Labute approximate surface area is 246 Å². The Kier molecular flexibility index (Phi) is 8.35. The quantitative estimate of drug-likeness (QED) is 0.173. The third-order valence-corrected chi connectivity index (χ3v) is 8.16. The molecule has 3 aromatic carbocycles. The Morgan fingerprint density at radius 2 is 1.18 bits per heavy atom. The largest absolute Gasteiger partial charge is 0.304 e. The SMILES string of the molecule is Cc1ccc(-c2[c-]cc3c(c2)-c2ccccc2C(C)(C)C3(C)C)nc1.Cc1ccc(-c2[c-]cccc2)nc1.[Ir]. The summed E-state index contributed by atoms with van der Waals surface area (Å²) in [5, 5.41) is 0. The van der Waals surface area contributed by atoms with E-state index in [1.54, 1.807) is 0 Å². The van der Waals surface area contributed by atoms with Gasteiger partial charge in [0.1, 0.15) is 0 Å². The summed E-state index contributed by atoms with van der Waals surface area (Å²) in [5.41, 5.74) is 12.0. The molecule has 0 bridgehead atoms. The molecule has 0 spiro atoms. The van der Waals surface area contributed by atoms with Crippen LogP contribution in [-0.4, -0.2) is 9.97 Å². The van der Waals surface area contributed by atoms with Gasteiger partial charge in [0.05, 0.1) is 0 Å². The summed E-state index contributed by atoms with van der Waals surface area (Å²) in [5.74, 6) is 0. The first-order chi connectivity index (χ1) is 18.2. The number of nitrogens with zero attached hydrogens (tertiary/aromatic N) is 2. The average Bonchev–Trinajstić information content (AvgIpc) is 2.94. The molecule has 1 radical (unpaired) electrons. The van der Waals surface area contributed by atoms with Crippen LogP contribution < -0.4 is 0 Å². The van der Waals surface area contributed by atoms with Gasteiger partial charge in [0.2, 0.25) is 0 Å². The Balaban J connectivity index is 0.000000213. The summed E-state index contributed by atoms with van der Waals surface area (Å²) >= 11 is 0. The second-order valence-electron chi connectivity index (χ2n) is 11.2. The maximum atomic E-state index is 4.59. The van der Waals surface area contributed by atoms with Crippen molar-refractivity contribution in [3.63, 3.8) is 0 Å². The zero-order valence-electron chi connectivity index (χ0n) is 23.5. The van der Waals surface area contributed by atoms with Crippen molar-refractivity contribution in [1.82, 2.24) is 9.97 Å². The van der Waals surface area contributed by atoms with E-state index < -0.39 is 0 Å². The third kappa shape index (κ3) is 5.53. The van der Waals surface area contributed by atoms with Gasteiger partial charge in [0.25, 0.3) is 0 Å². The van der Waals surface area contributed by atoms with Crippen LogP contribution in [0.15, 0.2) is 97.3 Å². The van der Waals surface area contributed by atoms with E-state index in [4.69, 9.17) is 0 Å². The van der Waals surface area contributed by atoms with Crippen LogP contribution in [-0.2, 0) is 30.9 Å². The molecular formula is C36H34IrN2-2. The van der Waals surface area contributed by atoms with Crippen LogP contribution in [0, 0.1) is 26.0 Å². The molecule has 0 atom stereocenters. The van der Waals surface area contributed by atoms with Crippen molar-refractivity contribution in [2.75, 3.05) is 0 Å². The Bertz CT molecular complexity index is 1550. The van der Waals surface area contributed by atoms with Crippen molar-refractivity contribution in [1.29, 1.82) is 0 Å². The van der Waals surface area contributed by atoms with Crippen molar-refractivity contribution in [2.45, 2.75) is 52.4 Å². The summed E-state index contributed by atoms with van der Waals surface area (Å²) in [6, 6.07) is 36.0. The van der Waals surface area contributed by atoms with Crippen LogP contribution in [0.1, 0.15) is 49.9 Å². The van der Waals surface area contributed by atoms with Crippen molar-refractivity contribution < 1.29 is 20.1 Å². The van der Waals surface area contributed by atoms with E-state index in [9.17, 15) is 0 Å². The van der Waals surface area contributed by atoms with Crippen LogP contribution in [0.25, 0.3) is 33.6 Å². The molecule has 2 nitrogen and oxygen atoms in total. The Morgan fingerprint density at radius 3 is 1.77 bits per heavy atom. The van der Waals surface area contributed by atoms with E-state index in [2.05, 4.69) is 111 Å². The van der Waals surface area contributed by atoms with Crippen molar-refractivity contribution >= 4 is 0 Å². The van der Waals surface area contributed by atoms with Crippen molar-refractivity contribution in [3.05, 3.63) is 132 Å². The molecule has 0 fully saturated rings. The molecule has 3 heteroatoms. The maximum absolute atomic E-state index is 4.59. The topological polar surface area (TPSA) is 25.8 Å². The van der Waals surface area contributed by atoms with Gasteiger partial charge in [-0.25, -0.2) is 0 Å². The molecule has 199 valence electrons. The summed E-state index contributed by atoms with van der Waals surface area (Å²) in [6.07, 6.45) is 3.79. The molecule has 2 aromatic heterocycles. The van der Waals surface area contributed by atoms with Gasteiger partial charge in [-0.05, 0) is 58.3 Å². The minimum absolute atomic E-state index is 0. The second-order valence-corrected chi connectivity index (χ2v) is 11.2. The number of rotatable bonds is 2. The van der Waals surface area contributed by atoms with Gasteiger partial charge in [0, 0.05) is 32.5 Å². The maximum Gasteiger partial charge on any atom is 0.0190 e. The predicted molar refractivity (Wildman–Crippen MR) is 158 cm³/mol. The molecule has 39 heavy (non-hydrogen) atoms. The Hall–Kier alpha value is -3.39. The normalized spacial score (nSPS) is 14.1. The molecule has 1 aliphatic carbocycles. The van der Waals surface area contributed by atoms with Crippen LogP contribution in [0.3, 0.4) is 0 Å². The van der Waals surface area contributed by atoms with Gasteiger partial charge in [-0.2, -0.15) is 0 Å². The fourth-order valence-electron chi connectivity index (χ4n) is 5.12. The molecule has 0 saturated heterocycles. The third-order valence-electron chi connectivity index (χ3n) is 8.16. The van der Waals surface area contributed by atoms with E-state index in [0.717, 1.165) is 22.5 Å². The molecule has 1 aliphatic rings. The Morgan fingerprint density at radius 1 is 0.590 bits per heavy atom. The summed E-state index contributed by atoms with van der Waals surface area (Å²) in [6.45, 7) is 13.5. The summed E-state index contributed by atoms with van der Waals surface area (Å²) < 4.78 is 0. The minimum atomic E-state index is 0. The van der Waals surface area contributed by atoms with Crippen LogP contribution >= 0.6 is 0 Å². The number of pyridine rings is 2. The zero-order valence-corrected chi connectivity index (χ0v) is 25.9. The molecular weight excluding hydrogens is 653 g/mol. The number of fused-ring (bicyclic) bond motifs is 3. The van der Waals surface area contributed by atoms with E-state index in [-0.39, 0.29) is 30.9 Å². The first kappa shape index (κ1) is 28.6. The first-order valence-corrected chi connectivity index (χ1v) is 13.2. The smallest absolute Gasteiger partial charge is 0.0190 e. The molecule has 5 aromatic rings. The number of benzene rings is 3. The zero-order chi connectivity index (χ0) is 26.9. The van der Waals surface area contributed by atoms with Gasteiger partial charge in [-0.3, -0.25) is 0 Å². The molecule has 0 amide bonds. The van der Waals surface area contributed by atoms with E-state index in [1.807, 2.05) is 49.6 Å². The second kappa shape index (κ2) is 11.4. The fourth-order valence-corrected chi connectivity index (χ4v) is 5.12. The fraction of sp³-hybridized carbons (Fsp3) is 0.222. The van der Waals surface area contributed by atoms with Gasteiger partial charge in [-0.15, -0.1) is 65.2 Å². The van der Waals surface area contributed by atoms with E-state index >= 15 is 0 Å². The predicted octanol–water partition coefficient (Wildman–Crippen LogP) is 8.95. The average molecular weight is 687 g/mol. The molecule has 0 unspecified atom stereocenters.